The molecule has 0 unspecified atom stereocenters. The minimum absolute atomic E-state index is 0.161. The second-order valence-electron chi connectivity index (χ2n) is 6.04. The average molecular weight is 487 g/mol. The van der Waals surface area contributed by atoms with Crippen molar-refractivity contribution in [2.45, 2.75) is 12.1 Å². The van der Waals surface area contributed by atoms with E-state index in [2.05, 4.69) is 41.8 Å². The highest BCUT2D eigenvalue weighted by molar-refractivity contribution is 9.10. The molecule has 0 bridgehead atoms. The van der Waals surface area contributed by atoms with Crippen molar-refractivity contribution in [2.75, 3.05) is 11.1 Å². The molecule has 2 aromatic carbocycles. The van der Waals surface area contributed by atoms with Gasteiger partial charge >= 0.3 is 0 Å². The van der Waals surface area contributed by atoms with Crippen LogP contribution in [0.4, 0.5) is 5.13 Å². The van der Waals surface area contributed by atoms with Gasteiger partial charge in [-0.05, 0) is 41.1 Å². The Kier molecular flexibility index (Phi) is 6.02. The Morgan fingerprint density at radius 1 is 1.21 bits per heavy atom. The number of carbonyl (C=O) groups is 1. The number of amides is 1. The third-order valence-electron chi connectivity index (χ3n) is 4.01. The fourth-order valence-corrected chi connectivity index (χ4v) is 4.27. The number of aryl methyl sites for hydroxylation is 1. The zero-order chi connectivity index (χ0) is 20.2. The van der Waals surface area contributed by atoms with E-state index in [0.29, 0.717) is 10.3 Å². The molecule has 10 heteroatoms. The highest BCUT2D eigenvalue weighted by atomic mass is 79.9. The zero-order valence-corrected chi connectivity index (χ0v) is 18.5. The molecule has 0 atom stereocenters. The van der Waals surface area contributed by atoms with Crippen molar-refractivity contribution in [3.8, 4) is 16.9 Å². The van der Waals surface area contributed by atoms with Gasteiger partial charge in [0.15, 0.2) is 5.13 Å². The molecule has 0 aliphatic rings. The summed E-state index contributed by atoms with van der Waals surface area (Å²) in [6.45, 7) is 1.99. The van der Waals surface area contributed by atoms with Crippen LogP contribution in [0.2, 0.25) is 0 Å². The molecule has 4 aromatic rings. The van der Waals surface area contributed by atoms with E-state index in [-0.39, 0.29) is 11.7 Å². The van der Waals surface area contributed by atoms with Gasteiger partial charge in [-0.15, -0.1) is 16.4 Å². The maximum Gasteiger partial charge on any atom is 0.236 e. The van der Waals surface area contributed by atoms with Crippen molar-refractivity contribution in [3.63, 3.8) is 0 Å². The van der Waals surface area contributed by atoms with Gasteiger partial charge in [-0.25, -0.2) is 4.98 Å². The molecule has 4 rings (SSSR count). The third kappa shape index (κ3) is 4.72. The van der Waals surface area contributed by atoms with E-state index in [1.165, 1.54) is 23.1 Å². The van der Waals surface area contributed by atoms with Gasteiger partial charge in [-0.3, -0.25) is 4.79 Å². The standard InChI is InChI=1S/C19H15BrN6OS2/c1-12-4-2-3-5-16(12)26-19(23-24-25-26)29-11-17(27)22-18-21-15(10-28-18)13-6-8-14(20)9-7-13/h2-10H,11H2,1H3,(H,21,22,27). The van der Waals surface area contributed by atoms with Gasteiger partial charge in [-0.2, -0.15) is 4.68 Å². The second-order valence-corrected chi connectivity index (χ2v) is 8.76. The summed E-state index contributed by atoms with van der Waals surface area (Å²) in [7, 11) is 0. The lowest BCUT2D eigenvalue weighted by atomic mass is 10.2. The Balaban J connectivity index is 1.39. The topological polar surface area (TPSA) is 85.6 Å². The van der Waals surface area contributed by atoms with Crippen LogP contribution in [-0.4, -0.2) is 36.9 Å². The number of benzene rings is 2. The molecule has 0 spiro atoms. The Hall–Kier alpha value is -2.56. The maximum atomic E-state index is 12.4. The van der Waals surface area contributed by atoms with Gasteiger partial charge in [0, 0.05) is 15.4 Å². The zero-order valence-electron chi connectivity index (χ0n) is 15.2. The van der Waals surface area contributed by atoms with E-state index in [4.69, 9.17) is 0 Å². The van der Waals surface area contributed by atoms with Gasteiger partial charge in [0.25, 0.3) is 0 Å². The number of hydrogen-bond donors (Lipinski definition) is 1. The predicted octanol–water partition coefficient (Wildman–Crippen LogP) is 4.59. The predicted molar refractivity (Wildman–Crippen MR) is 118 cm³/mol. The number of rotatable bonds is 6. The first-order valence-electron chi connectivity index (χ1n) is 8.58. The first-order chi connectivity index (χ1) is 14.1. The van der Waals surface area contributed by atoms with E-state index < -0.39 is 0 Å². The number of carbonyl (C=O) groups excluding carboxylic acids is 1. The number of anilines is 1. The molecule has 1 amide bonds. The second kappa shape index (κ2) is 8.85. The van der Waals surface area contributed by atoms with Crippen LogP contribution >= 0.6 is 39.0 Å². The van der Waals surface area contributed by atoms with Crippen LogP contribution in [0.1, 0.15) is 5.56 Å². The summed E-state index contributed by atoms with van der Waals surface area (Å²) < 4.78 is 2.65. The summed E-state index contributed by atoms with van der Waals surface area (Å²) in [6, 6.07) is 15.7. The van der Waals surface area contributed by atoms with Gasteiger partial charge in [-0.1, -0.05) is 58.0 Å². The van der Waals surface area contributed by atoms with Crippen molar-refractivity contribution in [1.82, 2.24) is 25.2 Å². The minimum atomic E-state index is -0.161. The molecule has 0 aliphatic heterocycles. The van der Waals surface area contributed by atoms with E-state index in [9.17, 15) is 4.79 Å². The van der Waals surface area contributed by atoms with E-state index in [0.717, 1.165) is 27.0 Å². The molecule has 29 heavy (non-hydrogen) atoms. The molecule has 0 saturated heterocycles. The average Bonchev–Trinajstić information content (AvgIpc) is 3.37. The number of nitrogens with one attached hydrogen (secondary N) is 1. The number of thioether (sulfide) groups is 1. The Morgan fingerprint density at radius 3 is 2.79 bits per heavy atom. The van der Waals surface area contributed by atoms with Crippen molar-refractivity contribution in [3.05, 3.63) is 63.9 Å². The first kappa shape index (κ1) is 19.7. The summed E-state index contributed by atoms with van der Waals surface area (Å²) in [5, 5.41) is 17.7. The normalized spacial score (nSPS) is 10.8. The number of thiazole rings is 1. The lowest BCUT2D eigenvalue weighted by molar-refractivity contribution is -0.113. The number of hydrogen-bond acceptors (Lipinski definition) is 7. The SMILES string of the molecule is Cc1ccccc1-n1nnnc1SCC(=O)Nc1nc(-c2ccc(Br)cc2)cs1. The van der Waals surface area contributed by atoms with Crippen LogP contribution in [0.25, 0.3) is 16.9 Å². The van der Waals surface area contributed by atoms with Gasteiger partial charge < -0.3 is 5.32 Å². The molecular formula is C19H15BrN6OS2. The van der Waals surface area contributed by atoms with E-state index in [1.807, 2.05) is 60.8 Å². The molecule has 0 aliphatic carbocycles. The molecule has 0 saturated carbocycles. The van der Waals surface area contributed by atoms with E-state index in [1.54, 1.807) is 4.68 Å². The van der Waals surface area contributed by atoms with Crippen molar-refractivity contribution in [2.24, 2.45) is 0 Å². The molecule has 0 fully saturated rings. The molecule has 1 N–H and O–H groups in total. The molecule has 146 valence electrons. The van der Waals surface area contributed by atoms with Crippen LogP contribution in [0.15, 0.2) is 63.5 Å². The summed E-state index contributed by atoms with van der Waals surface area (Å²) in [4.78, 5) is 16.9. The van der Waals surface area contributed by atoms with Crippen molar-refractivity contribution in [1.29, 1.82) is 0 Å². The van der Waals surface area contributed by atoms with Crippen molar-refractivity contribution >= 4 is 50.1 Å². The number of nitrogens with zero attached hydrogens (tertiary/aromatic N) is 5. The van der Waals surface area contributed by atoms with Crippen LogP contribution in [0.3, 0.4) is 0 Å². The Morgan fingerprint density at radius 2 is 2.00 bits per heavy atom. The minimum Gasteiger partial charge on any atom is -0.301 e. The molecule has 0 radical (unpaired) electrons. The Bertz CT molecular complexity index is 1140. The quantitative estimate of drug-likeness (QED) is 0.401. The molecule has 2 heterocycles. The van der Waals surface area contributed by atoms with Gasteiger partial charge in [0.1, 0.15) is 0 Å². The highest BCUT2D eigenvalue weighted by Gasteiger charge is 2.14. The van der Waals surface area contributed by atoms with Gasteiger partial charge in [0.05, 0.1) is 17.1 Å². The van der Waals surface area contributed by atoms with Crippen LogP contribution in [0, 0.1) is 6.92 Å². The van der Waals surface area contributed by atoms with Crippen molar-refractivity contribution < 1.29 is 4.79 Å². The van der Waals surface area contributed by atoms with Crippen LogP contribution < -0.4 is 5.32 Å². The number of tetrazole rings is 1. The van der Waals surface area contributed by atoms with Crippen LogP contribution in [0.5, 0.6) is 0 Å². The fraction of sp³-hybridized carbons (Fsp3) is 0.105. The lowest BCUT2D eigenvalue weighted by Crippen LogP contribution is -2.14. The smallest absolute Gasteiger partial charge is 0.236 e. The maximum absolute atomic E-state index is 12.4. The molecule has 2 aromatic heterocycles. The highest BCUT2D eigenvalue weighted by Crippen LogP contribution is 2.26. The van der Waals surface area contributed by atoms with Crippen LogP contribution in [-0.2, 0) is 4.79 Å². The third-order valence-corrected chi connectivity index (χ3v) is 6.21. The monoisotopic (exact) mass is 486 g/mol. The summed E-state index contributed by atoms with van der Waals surface area (Å²) in [5.41, 5.74) is 3.76. The summed E-state index contributed by atoms with van der Waals surface area (Å²) in [5.74, 6) is 0.0189. The summed E-state index contributed by atoms with van der Waals surface area (Å²) in [6.07, 6.45) is 0. The number of para-hydroxylation sites is 1. The van der Waals surface area contributed by atoms with Gasteiger partial charge in [0.2, 0.25) is 11.1 Å². The summed E-state index contributed by atoms with van der Waals surface area (Å²) >= 11 is 6.09. The largest absolute Gasteiger partial charge is 0.301 e. The lowest BCUT2D eigenvalue weighted by Gasteiger charge is -2.06. The number of halogens is 1. The number of aromatic nitrogens is 5. The first-order valence-corrected chi connectivity index (χ1v) is 11.2. The Labute approximate surface area is 183 Å². The molecular weight excluding hydrogens is 472 g/mol. The van der Waals surface area contributed by atoms with E-state index >= 15 is 0 Å². The molecule has 7 nitrogen and oxygen atoms in total. The fourth-order valence-electron chi connectivity index (χ4n) is 2.59.